The molecule has 0 N–H and O–H groups in total. The highest BCUT2D eigenvalue weighted by atomic mass is 35.5. The summed E-state index contributed by atoms with van der Waals surface area (Å²) in [5.41, 5.74) is 3.51. The summed E-state index contributed by atoms with van der Waals surface area (Å²) in [6.07, 6.45) is 0.417. The van der Waals surface area contributed by atoms with Crippen LogP contribution in [0.5, 0.6) is 0 Å². The average molecular weight is 380 g/mol. The van der Waals surface area contributed by atoms with Crippen LogP contribution in [0.1, 0.15) is 31.7 Å². The van der Waals surface area contributed by atoms with Crippen LogP contribution in [0.4, 0.5) is 5.69 Å². The lowest BCUT2D eigenvalue weighted by atomic mass is 10.1. The molecule has 0 bridgehead atoms. The van der Waals surface area contributed by atoms with Gasteiger partial charge in [-0.2, -0.15) is 9.61 Å². The molecule has 1 amide bonds. The van der Waals surface area contributed by atoms with E-state index in [0.717, 1.165) is 17.0 Å². The molecule has 0 saturated heterocycles. The molecule has 0 aliphatic heterocycles. The first-order valence-corrected chi connectivity index (χ1v) is 8.89. The van der Waals surface area contributed by atoms with Gasteiger partial charge in [-0.1, -0.05) is 30.1 Å². The van der Waals surface area contributed by atoms with Gasteiger partial charge in [0.15, 0.2) is 0 Å². The Bertz CT molecular complexity index is 959. The molecule has 5 nitrogen and oxygen atoms in total. The molecule has 0 aliphatic carbocycles. The summed E-state index contributed by atoms with van der Waals surface area (Å²) in [4.78, 5) is 14.0. The number of amides is 1. The first-order chi connectivity index (χ1) is 11.9. The summed E-state index contributed by atoms with van der Waals surface area (Å²) in [5.74, 6) is 0.702. The number of halogens is 2. The molecular weight excluding hydrogens is 361 g/mol. The SMILES string of the molecule is CCC(=O)N(CC)c1c(C)nn2c(-c3ccc(Cl)cc3Cl)c(C)oc12. The zero-order valence-corrected chi connectivity index (χ0v) is 16.1. The highest BCUT2D eigenvalue weighted by molar-refractivity contribution is 6.36. The Kier molecular flexibility index (Phi) is 4.80. The van der Waals surface area contributed by atoms with Crippen LogP contribution in [0.3, 0.4) is 0 Å². The van der Waals surface area contributed by atoms with Gasteiger partial charge in [-0.25, -0.2) is 0 Å². The third-order valence-corrected chi connectivity index (χ3v) is 4.71. The van der Waals surface area contributed by atoms with Gasteiger partial charge in [0.25, 0.3) is 0 Å². The van der Waals surface area contributed by atoms with E-state index in [2.05, 4.69) is 5.10 Å². The van der Waals surface area contributed by atoms with Crippen LogP contribution >= 0.6 is 23.2 Å². The number of benzene rings is 1. The van der Waals surface area contributed by atoms with Crippen molar-refractivity contribution in [2.75, 3.05) is 11.4 Å². The minimum atomic E-state index is 0.0284. The van der Waals surface area contributed by atoms with Crippen LogP contribution in [0, 0.1) is 13.8 Å². The molecule has 0 atom stereocenters. The van der Waals surface area contributed by atoms with Crippen molar-refractivity contribution in [3.05, 3.63) is 39.7 Å². The second-order valence-corrected chi connectivity index (χ2v) is 6.62. The maximum Gasteiger partial charge on any atom is 0.247 e. The lowest BCUT2D eigenvalue weighted by Crippen LogP contribution is -2.30. The van der Waals surface area contributed by atoms with Crippen LogP contribution in [0.15, 0.2) is 22.6 Å². The zero-order chi connectivity index (χ0) is 18.3. The molecule has 2 heterocycles. The Morgan fingerprint density at radius 2 is 2.00 bits per heavy atom. The summed E-state index contributed by atoms with van der Waals surface area (Å²) in [6.45, 7) is 8.04. The Hall–Kier alpha value is -1.98. The number of oxazole rings is 1. The number of carbonyl (C=O) groups is 1. The first kappa shape index (κ1) is 17.8. The van der Waals surface area contributed by atoms with Gasteiger partial charge in [-0.3, -0.25) is 4.79 Å². The van der Waals surface area contributed by atoms with Crippen LogP contribution in [-0.2, 0) is 4.79 Å². The number of hydrogen-bond acceptors (Lipinski definition) is 3. The Morgan fingerprint density at radius 1 is 1.28 bits per heavy atom. The number of carbonyl (C=O) groups excluding carboxylic acids is 1. The Morgan fingerprint density at radius 3 is 2.60 bits per heavy atom. The third-order valence-electron chi connectivity index (χ3n) is 4.16. The monoisotopic (exact) mass is 379 g/mol. The van der Waals surface area contributed by atoms with E-state index in [1.807, 2.05) is 33.8 Å². The predicted molar refractivity (Wildman–Crippen MR) is 101 cm³/mol. The number of anilines is 1. The van der Waals surface area contributed by atoms with Gasteiger partial charge >= 0.3 is 0 Å². The van der Waals surface area contributed by atoms with E-state index in [0.29, 0.717) is 40.2 Å². The second kappa shape index (κ2) is 6.73. The van der Waals surface area contributed by atoms with Gasteiger partial charge in [-0.05, 0) is 39.0 Å². The molecule has 2 aromatic heterocycles. The van der Waals surface area contributed by atoms with Gasteiger partial charge in [0.05, 0.1) is 10.7 Å². The number of aryl methyl sites for hydroxylation is 2. The van der Waals surface area contributed by atoms with Crippen molar-refractivity contribution in [1.82, 2.24) is 9.61 Å². The van der Waals surface area contributed by atoms with Crippen molar-refractivity contribution in [3.63, 3.8) is 0 Å². The van der Waals surface area contributed by atoms with E-state index in [4.69, 9.17) is 27.6 Å². The van der Waals surface area contributed by atoms with Gasteiger partial charge in [0.1, 0.15) is 17.1 Å². The minimum Gasteiger partial charge on any atom is -0.439 e. The van der Waals surface area contributed by atoms with Gasteiger partial charge in [0.2, 0.25) is 11.6 Å². The van der Waals surface area contributed by atoms with E-state index in [1.165, 1.54) is 0 Å². The normalized spacial score (nSPS) is 11.3. The molecule has 3 rings (SSSR count). The van der Waals surface area contributed by atoms with Crippen molar-refractivity contribution in [1.29, 1.82) is 0 Å². The molecule has 0 spiro atoms. The Balaban J connectivity index is 2.26. The number of hydrogen-bond donors (Lipinski definition) is 0. The topological polar surface area (TPSA) is 50.8 Å². The number of aromatic nitrogens is 2. The van der Waals surface area contributed by atoms with Crippen LogP contribution in [0.25, 0.3) is 17.0 Å². The largest absolute Gasteiger partial charge is 0.439 e. The molecule has 0 unspecified atom stereocenters. The van der Waals surface area contributed by atoms with Crippen LogP contribution in [-0.4, -0.2) is 22.1 Å². The maximum atomic E-state index is 12.3. The third kappa shape index (κ3) is 2.92. The van der Waals surface area contributed by atoms with E-state index in [-0.39, 0.29) is 5.91 Å². The molecule has 25 heavy (non-hydrogen) atoms. The molecule has 0 aliphatic rings. The van der Waals surface area contributed by atoms with Crippen LogP contribution in [0.2, 0.25) is 10.0 Å². The quantitative estimate of drug-likeness (QED) is 0.619. The smallest absolute Gasteiger partial charge is 0.247 e. The van der Waals surface area contributed by atoms with E-state index in [1.54, 1.807) is 21.5 Å². The van der Waals surface area contributed by atoms with Crippen molar-refractivity contribution >= 4 is 40.5 Å². The van der Waals surface area contributed by atoms with Gasteiger partial charge < -0.3 is 9.32 Å². The Labute approximate surface area is 156 Å². The van der Waals surface area contributed by atoms with Crippen LogP contribution < -0.4 is 4.90 Å². The maximum absolute atomic E-state index is 12.3. The molecule has 7 heteroatoms. The summed E-state index contributed by atoms with van der Waals surface area (Å²) in [7, 11) is 0. The number of nitrogens with zero attached hydrogens (tertiary/aromatic N) is 3. The lowest BCUT2D eigenvalue weighted by molar-refractivity contribution is -0.118. The molecule has 132 valence electrons. The van der Waals surface area contributed by atoms with E-state index < -0.39 is 0 Å². The molecule has 3 aromatic rings. The summed E-state index contributed by atoms with van der Waals surface area (Å²) in [5, 5.41) is 5.68. The highest BCUT2D eigenvalue weighted by Crippen LogP contribution is 2.37. The van der Waals surface area contributed by atoms with Crippen molar-refractivity contribution in [2.45, 2.75) is 34.1 Å². The predicted octanol–water partition coefficient (Wildman–Crippen LogP) is 5.28. The molecule has 0 radical (unpaired) electrons. The summed E-state index contributed by atoms with van der Waals surface area (Å²) < 4.78 is 7.69. The molecule has 0 fully saturated rings. The van der Waals surface area contributed by atoms with E-state index >= 15 is 0 Å². The van der Waals surface area contributed by atoms with Crippen molar-refractivity contribution in [3.8, 4) is 11.3 Å². The standard InChI is InChI=1S/C18H19Cl2N3O2/c1-5-15(24)22(6-2)16-10(3)21-23-17(11(4)25-18(16)23)13-8-7-12(19)9-14(13)20/h7-9H,5-6H2,1-4H3. The van der Waals surface area contributed by atoms with Gasteiger partial charge in [0, 0.05) is 23.6 Å². The summed E-state index contributed by atoms with van der Waals surface area (Å²) in [6, 6.07) is 5.30. The second-order valence-electron chi connectivity index (χ2n) is 5.77. The first-order valence-electron chi connectivity index (χ1n) is 8.13. The highest BCUT2D eigenvalue weighted by Gasteiger charge is 2.26. The van der Waals surface area contributed by atoms with Crippen molar-refractivity contribution < 1.29 is 9.21 Å². The fraction of sp³-hybridized carbons (Fsp3) is 0.333. The zero-order valence-electron chi connectivity index (χ0n) is 14.6. The lowest BCUT2D eigenvalue weighted by Gasteiger charge is -2.18. The minimum absolute atomic E-state index is 0.0284. The number of rotatable bonds is 4. The van der Waals surface area contributed by atoms with Crippen molar-refractivity contribution in [2.24, 2.45) is 0 Å². The van der Waals surface area contributed by atoms with E-state index in [9.17, 15) is 4.79 Å². The summed E-state index contributed by atoms with van der Waals surface area (Å²) >= 11 is 12.4. The molecule has 1 aromatic carbocycles. The van der Waals surface area contributed by atoms with Gasteiger partial charge in [-0.15, -0.1) is 0 Å². The average Bonchev–Trinajstić information content (AvgIpc) is 3.03. The molecule has 0 saturated carbocycles. The fourth-order valence-electron chi connectivity index (χ4n) is 3.03. The fourth-order valence-corrected chi connectivity index (χ4v) is 3.53. The molecular formula is C18H19Cl2N3O2. The number of fused-ring (bicyclic) bond motifs is 1.